The third kappa shape index (κ3) is 5.09. The summed E-state index contributed by atoms with van der Waals surface area (Å²) in [6, 6.07) is 11.8. The van der Waals surface area contributed by atoms with Crippen LogP contribution in [0.2, 0.25) is 0 Å². The highest BCUT2D eigenvalue weighted by atomic mass is 16.2. The number of benzene rings is 1. The summed E-state index contributed by atoms with van der Waals surface area (Å²) >= 11 is 0. The number of carbonyl (C=O) groups excluding carboxylic acids is 1. The Kier molecular flexibility index (Phi) is 6.23. The number of rotatable bonds is 8. The predicted molar refractivity (Wildman–Crippen MR) is 87.3 cm³/mol. The molecule has 1 N–H and O–H groups in total. The van der Waals surface area contributed by atoms with Crippen molar-refractivity contribution in [1.82, 2.24) is 20.0 Å². The van der Waals surface area contributed by atoms with Crippen LogP contribution in [0.4, 0.5) is 4.79 Å². The Labute approximate surface area is 131 Å². The van der Waals surface area contributed by atoms with Crippen molar-refractivity contribution in [2.24, 2.45) is 0 Å². The van der Waals surface area contributed by atoms with Gasteiger partial charge in [-0.25, -0.2) is 4.79 Å². The molecule has 0 aliphatic heterocycles. The first-order valence-electron chi connectivity index (χ1n) is 7.44. The van der Waals surface area contributed by atoms with E-state index in [2.05, 4.69) is 17.0 Å². The molecular weight excluding hydrogens is 276 g/mol. The van der Waals surface area contributed by atoms with Gasteiger partial charge in [0.1, 0.15) is 0 Å². The molecule has 0 saturated carbocycles. The summed E-state index contributed by atoms with van der Waals surface area (Å²) in [4.78, 5) is 14.0. The third-order valence-electron chi connectivity index (χ3n) is 3.25. The van der Waals surface area contributed by atoms with Gasteiger partial charge < -0.3 is 10.2 Å². The van der Waals surface area contributed by atoms with Gasteiger partial charge in [0.05, 0.1) is 0 Å². The van der Waals surface area contributed by atoms with Crippen LogP contribution in [-0.4, -0.2) is 33.8 Å². The van der Waals surface area contributed by atoms with Crippen molar-refractivity contribution >= 4 is 6.03 Å². The summed E-state index contributed by atoms with van der Waals surface area (Å²) in [7, 11) is 0. The molecule has 1 aromatic heterocycles. The van der Waals surface area contributed by atoms with Crippen molar-refractivity contribution < 1.29 is 4.79 Å². The largest absolute Gasteiger partial charge is 0.338 e. The summed E-state index contributed by atoms with van der Waals surface area (Å²) in [5.41, 5.74) is 1.11. The number of aryl methyl sites for hydroxylation is 1. The maximum absolute atomic E-state index is 12.2. The van der Waals surface area contributed by atoms with Crippen LogP contribution >= 0.6 is 0 Å². The van der Waals surface area contributed by atoms with Crippen LogP contribution < -0.4 is 5.32 Å². The van der Waals surface area contributed by atoms with Crippen molar-refractivity contribution in [3.8, 4) is 0 Å². The molecule has 2 aromatic rings. The van der Waals surface area contributed by atoms with Crippen LogP contribution in [-0.2, 0) is 13.1 Å². The van der Waals surface area contributed by atoms with Crippen LogP contribution in [0.1, 0.15) is 12.0 Å². The van der Waals surface area contributed by atoms with Crippen molar-refractivity contribution in [3.05, 3.63) is 67.0 Å². The molecule has 116 valence electrons. The molecular formula is C17H22N4O. The second-order valence-corrected chi connectivity index (χ2v) is 5.01. The molecule has 1 heterocycles. The molecule has 0 atom stereocenters. The van der Waals surface area contributed by atoms with E-state index in [9.17, 15) is 4.79 Å². The van der Waals surface area contributed by atoms with Crippen molar-refractivity contribution in [2.45, 2.75) is 19.5 Å². The summed E-state index contributed by atoms with van der Waals surface area (Å²) in [6.07, 6.45) is 6.26. The fraction of sp³-hybridized carbons (Fsp3) is 0.294. The highest BCUT2D eigenvalue weighted by molar-refractivity contribution is 5.74. The number of hydrogen-bond acceptors (Lipinski definition) is 2. The Bertz CT molecular complexity index is 566. The predicted octanol–water partition coefficient (Wildman–Crippen LogP) is 2.67. The van der Waals surface area contributed by atoms with E-state index in [4.69, 9.17) is 0 Å². The monoisotopic (exact) mass is 298 g/mol. The summed E-state index contributed by atoms with van der Waals surface area (Å²) < 4.78 is 1.86. The van der Waals surface area contributed by atoms with E-state index >= 15 is 0 Å². The summed E-state index contributed by atoms with van der Waals surface area (Å²) in [6.45, 7) is 6.26. The first-order valence-corrected chi connectivity index (χ1v) is 7.44. The van der Waals surface area contributed by atoms with Gasteiger partial charge in [-0.05, 0) is 18.1 Å². The van der Waals surface area contributed by atoms with Gasteiger partial charge in [-0.15, -0.1) is 6.58 Å². The van der Waals surface area contributed by atoms with Crippen LogP contribution in [0.5, 0.6) is 0 Å². The van der Waals surface area contributed by atoms with Crippen molar-refractivity contribution in [2.75, 3.05) is 13.1 Å². The molecule has 0 saturated heterocycles. The van der Waals surface area contributed by atoms with Gasteiger partial charge in [-0.2, -0.15) is 5.10 Å². The molecule has 0 unspecified atom stereocenters. The summed E-state index contributed by atoms with van der Waals surface area (Å²) in [5.74, 6) is 0. The Morgan fingerprint density at radius 1 is 1.32 bits per heavy atom. The lowest BCUT2D eigenvalue weighted by atomic mass is 10.2. The lowest BCUT2D eigenvalue weighted by molar-refractivity contribution is 0.200. The fourth-order valence-corrected chi connectivity index (χ4v) is 2.16. The quantitative estimate of drug-likeness (QED) is 0.602. The van der Waals surface area contributed by atoms with E-state index in [0.717, 1.165) is 18.5 Å². The first-order chi connectivity index (χ1) is 10.8. The van der Waals surface area contributed by atoms with Gasteiger partial charge in [0.15, 0.2) is 0 Å². The molecule has 0 aliphatic rings. The van der Waals surface area contributed by atoms with Gasteiger partial charge >= 0.3 is 6.03 Å². The molecule has 2 amide bonds. The van der Waals surface area contributed by atoms with Gasteiger partial charge in [-0.3, -0.25) is 4.68 Å². The molecule has 5 heteroatoms. The standard InChI is InChI=1S/C17H22N4O/c1-2-12-20(15-16-8-4-3-5-9-16)17(22)18-10-6-13-21-14-7-11-19-21/h2-5,7-9,11,14H,1,6,10,12-13,15H2,(H,18,22). The Morgan fingerprint density at radius 2 is 2.14 bits per heavy atom. The highest BCUT2D eigenvalue weighted by Gasteiger charge is 2.11. The second-order valence-electron chi connectivity index (χ2n) is 5.01. The van der Waals surface area contributed by atoms with E-state index < -0.39 is 0 Å². The zero-order valence-corrected chi connectivity index (χ0v) is 12.7. The van der Waals surface area contributed by atoms with E-state index in [-0.39, 0.29) is 6.03 Å². The number of nitrogens with zero attached hydrogens (tertiary/aromatic N) is 3. The van der Waals surface area contributed by atoms with Gasteiger partial charge in [0.2, 0.25) is 0 Å². The second kappa shape index (κ2) is 8.67. The van der Waals surface area contributed by atoms with Crippen LogP contribution in [0.25, 0.3) is 0 Å². The van der Waals surface area contributed by atoms with Crippen molar-refractivity contribution in [3.63, 3.8) is 0 Å². The molecule has 0 spiro atoms. The van der Waals surface area contributed by atoms with Gasteiger partial charge in [0, 0.05) is 38.6 Å². The molecule has 0 aliphatic carbocycles. The average Bonchev–Trinajstić information content (AvgIpc) is 3.05. The maximum Gasteiger partial charge on any atom is 0.317 e. The molecule has 0 radical (unpaired) electrons. The molecule has 22 heavy (non-hydrogen) atoms. The van der Waals surface area contributed by atoms with E-state index in [1.807, 2.05) is 47.3 Å². The van der Waals surface area contributed by atoms with Crippen LogP contribution in [0, 0.1) is 0 Å². The maximum atomic E-state index is 12.2. The molecule has 0 bridgehead atoms. The molecule has 1 aromatic carbocycles. The minimum absolute atomic E-state index is 0.0655. The molecule has 0 fully saturated rings. The van der Waals surface area contributed by atoms with Crippen molar-refractivity contribution in [1.29, 1.82) is 0 Å². The lowest BCUT2D eigenvalue weighted by Gasteiger charge is -2.21. The normalized spacial score (nSPS) is 10.2. The number of aromatic nitrogens is 2. The minimum atomic E-state index is -0.0655. The minimum Gasteiger partial charge on any atom is -0.338 e. The van der Waals surface area contributed by atoms with E-state index in [1.165, 1.54) is 0 Å². The van der Waals surface area contributed by atoms with Gasteiger partial charge in [-0.1, -0.05) is 36.4 Å². The smallest absolute Gasteiger partial charge is 0.317 e. The number of nitrogens with one attached hydrogen (secondary N) is 1. The van der Waals surface area contributed by atoms with Crippen LogP contribution in [0.3, 0.4) is 0 Å². The zero-order valence-electron chi connectivity index (χ0n) is 12.7. The first kappa shape index (κ1) is 15.8. The Morgan fingerprint density at radius 3 is 2.82 bits per heavy atom. The van der Waals surface area contributed by atoms with Gasteiger partial charge in [0.25, 0.3) is 0 Å². The number of amides is 2. The Balaban J connectivity index is 1.77. The number of urea groups is 1. The Hall–Kier alpha value is -2.56. The third-order valence-corrected chi connectivity index (χ3v) is 3.25. The highest BCUT2D eigenvalue weighted by Crippen LogP contribution is 2.04. The fourth-order valence-electron chi connectivity index (χ4n) is 2.16. The average molecular weight is 298 g/mol. The van der Waals surface area contributed by atoms with Crippen LogP contribution in [0.15, 0.2) is 61.4 Å². The topological polar surface area (TPSA) is 50.2 Å². The SMILES string of the molecule is C=CCN(Cc1ccccc1)C(=O)NCCCn1cccn1. The van der Waals surface area contributed by atoms with E-state index in [1.54, 1.807) is 17.2 Å². The number of hydrogen-bond donors (Lipinski definition) is 1. The molecule has 2 rings (SSSR count). The lowest BCUT2D eigenvalue weighted by Crippen LogP contribution is -2.40. The van der Waals surface area contributed by atoms with E-state index in [0.29, 0.717) is 19.6 Å². The summed E-state index contributed by atoms with van der Waals surface area (Å²) in [5, 5.41) is 7.08. The molecule has 5 nitrogen and oxygen atoms in total. The zero-order chi connectivity index (χ0) is 15.6. The number of carbonyl (C=O) groups is 1.